The Balaban J connectivity index is 2.06. The van der Waals surface area contributed by atoms with Crippen molar-refractivity contribution in [2.45, 2.75) is 31.3 Å². The number of sulfonamides is 1. The van der Waals surface area contributed by atoms with Gasteiger partial charge in [0, 0.05) is 5.56 Å². The molecule has 0 spiro atoms. The first-order valence-corrected chi connectivity index (χ1v) is 9.35. The molecule has 0 aliphatic carbocycles. The van der Waals surface area contributed by atoms with E-state index in [-0.39, 0.29) is 22.9 Å². The fourth-order valence-electron chi connectivity index (χ4n) is 2.19. The quantitative estimate of drug-likeness (QED) is 0.639. The second kappa shape index (κ2) is 8.15. The van der Waals surface area contributed by atoms with Crippen LogP contribution in [0.15, 0.2) is 52.0 Å². The number of nitrogens with one attached hydrogen (secondary N) is 2. The highest BCUT2D eigenvalue weighted by Gasteiger charge is 2.24. The Morgan fingerprint density at radius 3 is 2.31 bits per heavy atom. The van der Waals surface area contributed by atoms with Gasteiger partial charge in [-0.25, -0.2) is 17.9 Å². The molecular weight excluding hydrogens is 360 g/mol. The Labute approximate surface area is 151 Å². The number of carboxylic acids is 1. The number of amides is 1. The van der Waals surface area contributed by atoms with Gasteiger partial charge < -0.3 is 14.8 Å². The maximum Gasteiger partial charge on any atom is 0.326 e. The molecule has 9 heteroatoms. The summed E-state index contributed by atoms with van der Waals surface area (Å²) in [7, 11) is -3.76. The maximum absolute atomic E-state index is 12.2. The molecule has 3 N–H and O–H groups in total. The molecule has 1 aromatic carbocycles. The summed E-state index contributed by atoms with van der Waals surface area (Å²) in [5.74, 6) is -1.53. The second-order valence-electron chi connectivity index (χ2n) is 5.96. The molecule has 1 atom stereocenters. The first kappa shape index (κ1) is 19.7. The highest BCUT2D eigenvalue weighted by atomic mass is 32.2. The maximum atomic E-state index is 12.2. The zero-order chi connectivity index (χ0) is 19.3. The van der Waals surface area contributed by atoms with E-state index in [4.69, 9.17) is 9.52 Å². The third-order valence-corrected chi connectivity index (χ3v) is 5.08. The zero-order valence-corrected chi connectivity index (χ0v) is 15.1. The van der Waals surface area contributed by atoms with Gasteiger partial charge >= 0.3 is 5.97 Å². The highest BCUT2D eigenvalue weighted by molar-refractivity contribution is 7.89. The molecule has 0 aliphatic heterocycles. The summed E-state index contributed by atoms with van der Waals surface area (Å²) in [6.45, 7) is 3.37. The number of rotatable bonds is 8. The molecule has 140 valence electrons. The van der Waals surface area contributed by atoms with E-state index < -0.39 is 27.9 Å². The first-order valence-electron chi connectivity index (χ1n) is 7.86. The summed E-state index contributed by atoms with van der Waals surface area (Å²) in [5.41, 5.74) is 0.168. The highest BCUT2D eigenvalue weighted by Crippen LogP contribution is 2.12. The third kappa shape index (κ3) is 4.93. The molecule has 1 heterocycles. The van der Waals surface area contributed by atoms with Crippen molar-refractivity contribution >= 4 is 21.9 Å². The van der Waals surface area contributed by atoms with Crippen LogP contribution in [0.25, 0.3) is 0 Å². The molecule has 2 aromatic rings. The molecule has 0 saturated heterocycles. The lowest BCUT2D eigenvalue weighted by molar-refractivity contribution is -0.140. The van der Waals surface area contributed by atoms with Gasteiger partial charge in [-0.2, -0.15) is 0 Å². The van der Waals surface area contributed by atoms with Gasteiger partial charge in [0.25, 0.3) is 5.91 Å². The van der Waals surface area contributed by atoms with Gasteiger partial charge in [0.1, 0.15) is 11.8 Å². The van der Waals surface area contributed by atoms with Crippen LogP contribution in [0.2, 0.25) is 0 Å². The van der Waals surface area contributed by atoms with Crippen LogP contribution in [0.3, 0.4) is 0 Å². The summed E-state index contributed by atoms with van der Waals surface area (Å²) in [6.07, 6.45) is 1.44. The smallest absolute Gasteiger partial charge is 0.326 e. The molecule has 8 nitrogen and oxygen atoms in total. The second-order valence-corrected chi connectivity index (χ2v) is 7.73. The van der Waals surface area contributed by atoms with Crippen LogP contribution in [0.1, 0.15) is 30.0 Å². The van der Waals surface area contributed by atoms with E-state index in [1.54, 1.807) is 26.0 Å². The van der Waals surface area contributed by atoms with Crippen molar-refractivity contribution in [3.8, 4) is 0 Å². The summed E-state index contributed by atoms with van der Waals surface area (Å²) in [4.78, 5) is 23.3. The Kier molecular flexibility index (Phi) is 6.17. The van der Waals surface area contributed by atoms with Crippen molar-refractivity contribution in [3.05, 3.63) is 54.0 Å². The molecule has 0 saturated carbocycles. The number of hydrogen-bond acceptors (Lipinski definition) is 5. The van der Waals surface area contributed by atoms with Crippen LogP contribution in [0.4, 0.5) is 0 Å². The number of benzene rings is 1. The molecule has 2 rings (SSSR count). The summed E-state index contributed by atoms with van der Waals surface area (Å²) >= 11 is 0. The number of carbonyl (C=O) groups is 2. The molecule has 1 amide bonds. The number of furan rings is 1. The van der Waals surface area contributed by atoms with E-state index in [0.29, 0.717) is 5.76 Å². The average molecular weight is 380 g/mol. The van der Waals surface area contributed by atoms with Crippen LogP contribution >= 0.6 is 0 Å². The van der Waals surface area contributed by atoms with Gasteiger partial charge in [-0.15, -0.1) is 0 Å². The predicted octanol–water partition coefficient (Wildman–Crippen LogP) is 1.60. The predicted molar refractivity (Wildman–Crippen MR) is 92.9 cm³/mol. The van der Waals surface area contributed by atoms with Crippen molar-refractivity contribution in [1.29, 1.82) is 0 Å². The normalized spacial score (nSPS) is 12.7. The van der Waals surface area contributed by atoms with Gasteiger partial charge in [0.2, 0.25) is 10.0 Å². The lowest BCUT2D eigenvalue weighted by Crippen LogP contribution is -2.44. The van der Waals surface area contributed by atoms with Crippen molar-refractivity contribution in [3.63, 3.8) is 0 Å². The SMILES string of the molecule is CC(C)[C@H](NC(=O)c1ccc(S(=O)(=O)NCc2ccco2)cc1)C(=O)O. The third-order valence-electron chi connectivity index (χ3n) is 3.66. The minimum atomic E-state index is -3.76. The van der Waals surface area contributed by atoms with Gasteiger partial charge in [-0.05, 0) is 42.3 Å². The molecule has 0 fully saturated rings. The van der Waals surface area contributed by atoms with E-state index in [1.165, 1.54) is 30.5 Å². The summed E-state index contributed by atoms with van der Waals surface area (Å²) < 4.78 is 31.9. The Bertz CT molecular complexity index is 857. The summed E-state index contributed by atoms with van der Waals surface area (Å²) in [5, 5.41) is 11.5. The average Bonchev–Trinajstić information content (AvgIpc) is 3.11. The van der Waals surface area contributed by atoms with Crippen LogP contribution in [-0.4, -0.2) is 31.4 Å². The standard InChI is InChI=1S/C17H20N2O6S/c1-11(2)15(17(21)22)19-16(20)12-5-7-14(8-6-12)26(23,24)18-10-13-4-3-9-25-13/h3-9,11,15,18H,10H2,1-2H3,(H,19,20)(H,21,22)/t15-/m0/s1. The lowest BCUT2D eigenvalue weighted by atomic mass is 10.0. The largest absolute Gasteiger partial charge is 0.480 e. The zero-order valence-electron chi connectivity index (χ0n) is 14.3. The van der Waals surface area contributed by atoms with E-state index in [0.717, 1.165) is 0 Å². The number of aliphatic carboxylic acids is 1. The molecular formula is C17H20N2O6S. The molecule has 0 aliphatic rings. The van der Waals surface area contributed by atoms with Crippen molar-refractivity contribution in [2.75, 3.05) is 0 Å². The lowest BCUT2D eigenvalue weighted by Gasteiger charge is -2.17. The Morgan fingerprint density at radius 2 is 1.81 bits per heavy atom. The van der Waals surface area contributed by atoms with E-state index in [9.17, 15) is 18.0 Å². The minimum absolute atomic E-state index is 0.00620. The minimum Gasteiger partial charge on any atom is -0.480 e. The fraction of sp³-hybridized carbons (Fsp3) is 0.294. The number of carbonyl (C=O) groups excluding carboxylic acids is 1. The molecule has 26 heavy (non-hydrogen) atoms. The van der Waals surface area contributed by atoms with Crippen LogP contribution in [0.5, 0.6) is 0 Å². The van der Waals surface area contributed by atoms with Crippen molar-refractivity contribution in [1.82, 2.24) is 10.0 Å². The Morgan fingerprint density at radius 1 is 1.15 bits per heavy atom. The monoisotopic (exact) mass is 380 g/mol. The molecule has 0 radical (unpaired) electrons. The number of hydrogen-bond donors (Lipinski definition) is 3. The van der Waals surface area contributed by atoms with Gasteiger partial charge in [0.15, 0.2) is 0 Å². The fourth-order valence-corrected chi connectivity index (χ4v) is 3.18. The van der Waals surface area contributed by atoms with Crippen molar-refractivity contribution < 1.29 is 27.5 Å². The molecule has 0 unspecified atom stereocenters. The number of carboxylic acid groups (broad SMARTS) is 1. The van der Waals surface area contributed by atoms with Crippen LogP contribution in [0, 0.1) is 5.92 Å². The van der Waals surface area contributed by atoms with E-state index >= 15 is 0 Å². The van der Waals surface area contributed by atoms with Crippen LogP contribution < -0.4 is 10.0 Å². The van der Waals surface area contributed by atoms with Gasteiger partial charge in [-0.3, -0.25) is 4.79 Å². The topological polar surface area (TPSA) is 126 Å². The molecule has 1 aromatic heterocycles. The van der Waals surface area contributed by atoms with E-state index in [1.807, 2.05) is 0 Å². The van der Waals surface area contributed by atoms with E-state index in [2.05, 4.69) is 10.0 Å². The van der Waals surface area contributed by atoms with Crippen molar-refractivity contribution in [2.24, 2.45) is 5.92 Å². The first-order chi connectivity index (χ1) is 12.2. The van der Waals surface area contributed by atoms with Crippen LogP contribution in [-0.2, 0) is 21.4 Å². The van der Waals surface area contributed by atoms with Gasteiger partial charge in [0.05, 0.1) is 17.7 Å². The Hall–Kier alpha value is -2.65. The van der Waals surface area contributed by atoms with Gasteiger partial charge in [-0.1, -0.05) is 13.8 Å². The molecule has 0 bridgehead atoms. The summed E-state index contributed by atoms with van der Waals surface area (Å²) in [6, 6.07) is 7.49.